The summed E-state index contributed by atoms with van der Waals surface area (Å²) in [6.07, 6.45) is 0. The van der Waals surface area contributed by atoms with Gasteiger partial charge >= 0.3 is 0 Å². The highest BCUT2D eigenvalue weighted by Gasteiger charge is 2.25. The molecule has 0 spiro atoms. The molecule has 0 aliphatic rings. The number of nitrogens with zero attached hydrogens (tertiary/aromatic N) is 1. The topological polar surface area (TPSA) is 63.4 Å². The quantitative estimate of drug-likeness (QED) is 0.880. The van der Waals surface area contributed by atoms with E-state index in [9.17, 15) is 8.42 Å². The van der Waals surface area contributed by atoms with E-state index in [1.165, 1.54) is 17.4 Å². The van der Waals surface area contributed by atoms with Crippen LogP contribution in [0.3, 0.4) is 0 Å². The number of aryl methyl sites for hydroxylation is 2. The number of sulfonamides is 1. The predicted molar refractivity (Wildman–Crippen MR) is 87.4 cm³/mol. The van der Waals surface area contributed by atoms with Gasteiger partial charge in [0.1, 0.15) is 0 Å². The summed E-state index contributed by atoms with van der Waals surface area (Å²) in [5, 5.41) is 0.352. The van der Waals surface area contributed by atoms with E-state index in [4.69, 9.17) is 17.3 Å². The Kier molecular flexibility index (Phi) is 4.16. The Morgan fingerprint density at radius 2 is 1.71 bits per heavy atom. The molecule has 21 heavy (non-hydrogen) atoms. The van der Waals surface area contributed by atoms with Gasteiger partial charge in [-0.05, 0) is 43.2 Å². The summed E-state index contributed by atoms with van der Waals surface area (Å²) in [5.41, 5.74) is 8.06. The van der Waals surface area contributed by atoms with Crippen LogP contribution in [0.5, 0.6) is 0 Å². The molecule has 6 heteroatoms. The number of anilines is 2. The van der Waals surface area contributed by atoms with Crippen molar-refractivity contribution in [2.24, 2.45) is 0 Å². The fraction of sp³-hybridized carbons (Fsp3) is 0.200. The minimum absolute atomic E-state index is 0.162. The van der Waals surface area contributed by atoms with Crippen LogP contribution < -0.4 is 10.0 Å². The van der Waals surface area contributed by atoms with Crippen LogP contribution in [-0.4, -0.2) is 15.5 Å². The van der Waals surface area contributed by atoms with Gasteiger partial charge in [-0.3, -0.25) is 4.31 Å². The highest BCUT2D eigenvalue weighted by atomic mass is 35.5. The molecule has 0 bridgehead atoms. The average Bonchev–Trinajstić information content (AvgIpc) is 2.42. The van der Waals surface area contributed by atoms with Crippen LogP contribution in [-0.2, 0) is 10.0 Å². The number of rotatable bonds is 3. The number of nitrogen functional groups attached to an aromatic ring is 1. The number of hydrogen-bond donors (Lipinski definition) is 1. The van der Waals surface area contributed by atoms with Gasteiger partial charge in [0.25, 0.3) is 10.0 Å². The minimum atomic E-state index is -3.69. The average molecular weight is 325 g/mol. The van der Waals surface area contributed by atoms with Gasteiger partial charge in [-0.2, -0.15) is 0 Å². The molecule has 0 atom stereocenters. The standard InChI is InChI=1S/C15H17ClN2O2S/c1-10-6-4-5-7-14(10)18(3)21(19,20)15-9-13(17)12(16)8-11(15)2/h4-9H,17H2,1-3H3. The van der Waals surface area contributed by atoms with Crippen LogP contribution in [0.25, 0.3) is 0 Å². The smallest absolute Gasteiger partial charge is 0.264 e. The molecule has 112 valence electrons. The van der Waals surface area contributed by atoms with Gasteiger partial charge in [-0.25, -0.2) is 8.42 Å². The first-order chi connectivity index (χ1) is 9.75. The Hall–Kier alpha value is -1.72. The zero-order valence-corrected chi connectivity index (χ0v) is 13.7. The molecular formula is C15H17ClN2O2S. The lowest BCUT2D eigenvalue weighted by atomic mass is 10.2. The largest absolute Gasteiger partial charge is 0.397 e. The van der Waals surface area contributed by atoms with Crippen molar-refractivity contribution in [2.75, 3.05) is 17.1 Å². The van der Waals surface area contributed by atoms with Gasteiger partial charge in [0.05, 0.1) is 21.3 Å². The van der Waals surface area contributed by atoms with Gasteiger partial charge in [0, 0.05) is 7.05 Å². The summed E-state index contributed by atoms with van der Waals surface area (Å²) >= 11 is 5.92. The molecule has 0 unspecified atom stereocenters. The summed E-state index contributed by atoms with van der Waals surface area (Å²) in [7, 11) is -2.16. The van der Waals surface area contributed by atoms with Crippen LogP contribution in [0.15, 0.2) is 41.3 Å². The summed E-state index contributed by atoms with van der Waals surface area (Å²) in [5.74, 6) is 0. The number of hydrogen-bond acceptors (Lipinski definition) is 3. The highest BCUT2D eigenvalue weighted by Crippen LogP contribution is 2.30. The molecular weight excluding hydrogens is 308 g/mol. The Morgan fingerprint density at radius 1 is 1.10 bits per heavy atom. The molecule has 0 heterocycles. The summed E-state index contributed by atoms with van der Waals surface area (Å²) in [6.45, 7) is 3.56. The van der Waals surface area contributed by atoms with Crippen molar-refractivity contribution in [3.63, 3.8) is 0 Å². The first kappa shape index (κ1) is 15.7. The van der Waals surface area contributed by atoms with Crippen LogP contribution in [0, 0.1) is 13.8 Å². The Bertz CT molecular complexity index is 788. The molecule has 2 N–H and O–H groups in total. The van der Waals surface area contributed by atoms with Crippen molar-refractivity contribution >= 4 is 33.0 Å². The fourth-order valence-electron chi connectivity index (χ4n) is 2.14. The zero-order valence-electron chi connectivity index (χ0n) is 12.1. The second kappa shape index (κ2) is 5.58. The van der Waals surface area contributed by atoms with Gasteiger partial charge in [-0.1, -0.05) is 29.8 Å². The normalized spacial score (nSPS) is 11.4. The molecule has 0 amide bonds. The molecule has 2 rings (SSSR count). The van der Waals surface area contributed by atoms with E-state index < -0.39 is 10.0 Å². The number of halogens is 1. The number of nitrogens with two attached hydrogens (primary N) is 1. The Morgan fingerprint density at radius 3 is 2.33 bits per heavy atom. The van der Waals surface area contributed by atoms with Gasteiger partial charge in [0.15, 0.2) is 0 Å². The predicted octanol–water partition coefficient (Wildman–Crippen LogP) is 3.36. The lowest BCUT2D eigenvalue weighted by Crippen LogP contribution is -2.28. The van der Waals surface area contributed by atoms with E-state index in [1.807, 2.05) is 19.1 Å². The molecule has 0 saturated heterocycles. The highest BCUT2D eigenvalue weighted by molar-refractivity contribution is 7.92. The molecule has 0 aliphatic heterocycles. The molecule has 0 radical (unpaired) electrons. The maximum Gasteiger partial charge on any atom is 0.264 e. The maximum atomic E-state index is 12.8. The summed E-state index contributed by atoms with van der Waals surface area (Å²) in [4.78, 5) is 0.162. The monoisotopic (exact) mass is 324 g/mol. The van der Waals surface area contributed by atoms with Crippen LogP contribution in [0.1, 0.15) is 11.1 Å². The third kappa shape index (κ3) is 2.84. The molecule has 0 aliphatic carbocycles. The third-order valence-corrected chi connectivity index (χ3v) is 5.63. The number of para-hydroxylation sites is 1. The molecule has 2 aromatic carbocycles. The van der Waals surface area contributed by atoms with Crippen molar-refractivity contribution in [1.29, 1.82) is 0 Å². The first-order valence-corrected chi connectivity index (χ1v) is 8.17. The molecule has 2 aromatic rings. The molecule has 0 aromatic heterocycles. The van der Waals surface area contributed by atoms with Crippen molar-refractivity contribution in [3.8, 4) is 0 Å². The van der Waals surface area contributed by atoms with Gasteiger partial charge < -0.3 is 5.73 Å². The van der Waals surface area contributed by atoms with E-state index in [0.29, 0.717) is 16.3 Å². The first-order valence-electron chi connectivity index (χ1n) is 6.35. The van der Waals surface area contributed by atoms with Crippen LogP contribution >= 0.6 is 11.6 Å². The lowest BCUT2D eigenvalue weighted by Gasteiger charge is -2.22. The third-order valence-electron chi connectivity index (χ3n) is 3.39. The van der Waals surface area contributed by atoms with Crippen LogP contribution in [0.2, 0.25) is 5.02 Å². The minimum Gasteiger partial charge on any atom is -0.397 e. The van der Waals surface area contributed by atoms with Gasteiger partial charge in [0.2, 0.25) is 0 Å². The maximum absolute atomic E-state index is 12.8. The Labute approximate surface area is 130 Å². The van der Waals surface area contributed by atoms with E-state index in [0.717, 1.165) is 5.56 Å². The van der Waals surface area contributed by atoms with Crippen molar-refractivity contribution < 1.29 is 8.42 Å². The van der Waals surface area contributed by atoms with E-state index >= 15 is 0 Å². The second-order valence-corrected chi connectivity index (χ2v) is 7.24. The number of benzene rings is 2. The van der Waals surface area contributed by atoms with Crippen LogP contribution in [0.4, 0.5) is 11.4 Å². The fourth-order valence-corrected chi connectivity index (χ4v) is 3.86. The van der Waals surface area contributed by atoms with Crippen molar-refractivity contribution in [2.45, 2.75) is 18.7 Å². The van der Waals surface area contributed by atoms with E-state index in [2.05, 4.69) is 0 Å². The SMILES string of the molecule is Cc1ccccc1N(C)S(=O)(=O)c1cc(N)c(Cl)cc1C. The van der Waals surface area contributed by atoms with Gasteiger partial charge in [-0.15, -0.1) is 0 Å². The van der Waals surface area contributed by atoms with E-state index in [-0.39, 0.29) is 10.6 Å². The molecule has 0 saturated carbocycles. The molecule has 0 fully saturated rings. The molecule has 4 nitrogen and oxygen atoms in total. The zero-order chi connectivity index (χ0) is 15.8. The Balaban J connectivity index is 2.58. The summed E-state index contributed by atoms with van der Waals surface area (Å²) < 4.78 is 26.9. The van der Waals surface area contributed by atoms with Crippen molar-refractivity contribution in [3.05, 3.63) is 52.5 Å². The summed E-state index contributed by atoms with van der Waals surface area (Å²) in [6, 6.07) is 10.3. The van der Waals surface area contributed by atoms with E-state index in [1.54, 1.807) is 25.1 Å². The second-order valence-electron chi connectivity index (χ2n) is 4.90. The van der Waals surface area contributed by atoms with Crippen molar-refractivity contribution in [1.82, 2.24) is 0 Å². The lowest BCUT2D eigenvalue weighted by molar-refractivity contribution is 0.593.